The van der Waals surface area contributed by atoms with Gasteiger partial charge in [-0.2, -0.15) is 5.26 Å². The zero-order chi connectivity index (χ0) is 21.3. The Kier molecular flexibility index (Phi) is 5.45. The lowest BCUT2D eigenvalue weighted by molar-refractivity contribution is 0.0984. The summed E-state index contributed by atoms with van der Waals surface area (Å²) < 4.78 is 0. The SMILES string of the molecule is Cc1cnccc1C(=O)N(Cc1c[nH]c2ccc(C#N)cc12)c1cc(Cl)cc(Cl)c1. The molecule has 148 valence electrons. The van der Waals surface area contributed by atoms with Gasteiger partial charge < -0.3 is 9.88 Å². The van der Waals surface area contributed by atoms with Crippen LogP contribution in [0, 0.1) is 18.3 Å². The predicted octanol–water partition coefficient (Wildman–Crippen LogP) is 5.90. The number of aromatic amines is 1. The molecule has 0 fully saturated rings. The second-order valence-electron chi connectivity index (χ2n) is 6.90. The summed E-state index contributed by atoms with van der Waals surface area (Å²) in [6.07, 6.45) is 5.09. The number of amides is 1. The van der Waals surface area contributed by atoms with Crippen LogP contribution in [0.1, 0.15) is 27.0 Å². The number of aryl methyl sites for hydroxylation is 1. The quantitative estimate of drug-likeness (QED) is 0.434. The molecule has 2 aromatic carbocycles. The van der Waals surface area contributed by atoms with Crippen molar-refractivity contribution in [1.82, 2.24) is 9.97 Å². The van der Waals surface area contributed by atoms with E-state index >= 15 is 0 Å². The van der Waals surface area contributed by atoms with E-state index in [-0.39, 0.29) is 12.5 Å². The highest BCUT2D eigenvalue weighted by molar-refractivity contribution is 6.35. The highest BCUT2D eigenvalue weighted by atomic mass is 35.5. The summed E-state index contributed by atoms with van der Waals surface area (Å²) in [6, 6.07) is 14.3. The summed E-state index contributed by atoms with van der Waals surface area (Å²) in [6.45, 7) is 2.11. The van der Waals surface area contributed by atoms with Crippen molar-refractivity contribution in [3.05, 3.63) is 93.4 Å². The first-order chi connectivity index (χ1) is 14.5. The van der Waals surface area contributed by atoms with Crippen molar-refractivity contribution in [2.24, 2.45) is 0 Å². The lowest BCUT2D eigenvalue weighted by atomic mass is 10.1. The van der Waals surface area contributed by atoms with E-state index in [1.807, 2.05) is 25.3 Å². The Morgan fingerprint density at radius 3 is 2.63 bits per heavy atom. The molecule has 0 bridgehead atoms. The molecule has 0 spiro atoms. The third-order valence-electron chi connectivity index (χ3n) is 4.88. The number of hydrogen-bond donors (Lipinski definition) is 1. The molecule has 0 aliphatic rings. The molecule has 0 saturated carbocycles. The number of nitrogens with one attached hydrogen (secondary N) is 1. The molecule has 5 nitrogen and oxygen atoms in total. The Balaban J connectivity index is 1.83. The van der Waals surface area contributed by atoms with Crippen molar-refractivity contribution in [3.63, 3.8) is 0 Å². The van der Waals surface area contributed by atoms with Gasteiger partial charge in [0.15, 0.2) is 0 Å². The van der Waals surface area contributed by atoms with Crippen LogP contribution in [0.2, 0.25) is 10.0 Å². The van der Waals surface area contributed by atoms with Gasteiger partial charge in [0, 0.05) is 50.8 Å². The molecule has 30 heavy (non-hydrogen) atoms. The number of benzene rings is 2. The van der Waals surface area contributed by atoms with Crippen LogP contribution in [0.15, 0.2) is 61.1 Å². The topological polar surface area (TPSA) is 72.8 Å². The van der Waals surface area contributed by atoms with Crippen LogP contribution < -0.4 is 4.90 Å². The Morgan fingerprint density at radius 2 is 1.93 bits per heavy atom. The van der Waals surface area contributed by atoms with Crippen LogP contribution in [0.3, 0.4) is 0 Å². The summed E-state index contributed by atoms with van der Waals surface area (Å²) in [4.78, 5) is 22.4. The summed E-state index contributed by atoms with van der Waals surface area (Å²) in [5, 5.41) is 11.0. The average molecular weight is 435 g/mol. The normalized spacial score (nSPS) is 10.7. The van der Waals surface area contributed by atoms with Gasteiger partial charge in [-0.1, -0.05) is 23.2 Å². The van der Waals surface area contributed by atoms with Gasteiger partial charge in [-0.05, 0) is 60.5 Å². The maximum absolute atomic E-state index is 13.5. The number of rotatable bonds is 4. The van der Waals surface area contributed by atoms with Crippen LogP contribution in [0.4, 0.5) is 5.69 Å². The summed E-state index contributed by atoms with van der Waals surface area (Å²) >= 11 is 12.4. The van der Waals surface area contributed by atoms with E-state index in [9.17, 15) is 10.1 Å². The number of H-pyrrole nitrogens is 1. The zero-order valence-electron chi connectivity index (χ0n) is 16.0. The number of nitriles is 1. The first kappa shape index (κ1) is 20.0. The van der Waals surface area contributed by atoms with Gasteiger partial charge >= 0.3 is 0 Å². The van der Waals surface area contributed by atoms with Crippen LogP contribution in [0.25, 0.3) is 10.9 Å². The average Bonchev–Trinajstić information content (AvgIpc) is 3.13. The second kappa shape index (κ2) is 8.19. The van der Waals surface area contributed by atoms with Gasteiger partial charge in [0.2, 0.25) is 0 Å². The molecule has 0 unspecified atom stereocenters. The van der Waals surface area contributed by atoms with Crippen molar-refractivity contribution >= 4 is 45.7 Å². The van der Waals surface area contributed by atoms with Crippen molar-refractivity contribution in [3.8, 4) is 6.07 Å². The number of hydrogen-bond acceptors (Lipinski definition) is 3. The van der Waals surface area contributed by atoms with Gasteiger partial charge in [-0.15, -0.1) is 0 Å². The van der Waals surface area contributed by atoms with E-state index in [0.29, 0.717) is 26.9 Å². The molecule has 0 radical (unpaired) electrons. The van der Waals surface area contributed by atoms with E-state index in [1.54, 1.807) is 47.6 Å². The molecule has 7 heteroatoms. The minimum absolute atomic E-state index is 0.195. The van der Waals surface area contributed by atoms with Gasteiger partial charge in [0.1, 0.15) is 0 Å². The second-order valence-corrected chi connectivity index (χ2v) is 7.77. The Morgan fingerprint density at radius 1 is 1.17 bits per heavy atom. The summed E-state index contributed by atoms with van der Waals surface area (Å²) in [5.41, 5.74) is 4.21. The molecule has 0 aliphatic carbocycles. The largest absolute Gasteiger partial charge is 0.361 e. The van der Waals surface area contributed by atoms with Crippen molar-refractivity contribution < 1.29 is 4.79 Å². The van der Waals surface area contributed by atoms with Gasteiger partial charge in [0.25, 0.3) is 5.91 Å². The Bertz CT molecular complexity index is 1290. The van der Waals surface area contributed by atoms with E-state index < -0.39 is 0 Å². The van der Waals surface area contributed by atoms with Crippen molar-refractivity contribution in [2.75, 3.05) is 4.90 Å². The van der Waals surface area contributed by atoms with Crippen molar-refractivity contribution in [1.29, 1.82) is 5.26 Å². The zero-order valence-corrected chi connectivity index (χ0v) is 17.5. The number of halogens is 2. The van der Waals surface area contributed by atoms with Gasteiger partial charge in [-0.25, -0.2) is 0 Å². The minimum atomic E-state index is -0.195. The number of pyridine rings is 1. The number of carbonyl (C=O) groups is 1. The lowest BCUT2D eigenvalue weighted by Gasteiger charge is -2.24. The van der Waals surface area contributed by atoms with Gasteiger partial charge in [0.05, 0.1) is 18.2 Å². The molecule has 0 atom stereocenters. The maximum atomic E-state index is 13.5. The Labute approximate surface area is 183 Å². The molecule has 0 aliphatic heterocycles. The third-order valence-corrected chi connectivity index (χ3v) is 5.32. The summed E-state index contributed by atoms with van der Waals surface area (Å²) in [7, 11) is 0. The third kappa shape index (κ3) is 3.88. The van der Waals surface area contributed by atoms with Crippen LogP contribution >= 0.6 is 23.2 Å². The molecule has 1 N–H and O–H groups in total. The fourth-order valence-corrected chi connectivity index (χ4v) is 3.90. The standard InChI is InChI=1S/C23H16Cl2N4O/c1-14-11-27-5-4-20(14)23(30)29(19-8-17(24)7-18(25)9-19)13-16-12-28-22-3-2-15(10-26)6-21(16)22/h2-9,11-12,28H,13H2,1H3. The molecule has 4 aromatic rings. The van der Waals surface area contributed by atoms with E-state index in [4.69, 9.17) is 23.2 Å². The van der Waals surface area contributed by atoms with Crippen LogP contribution in [-0.4, -0.2) is 15.9 Å². The highest BCUT2D eigenvalue weighted by Crippen LogP contribution is 2.30. The van der Waals surface area contributed by atoms with E-state index in [1.165, 1.54) is 0 Å². The van der Waals surface area contributed by atoms with Gasteiger partial charge in [-0.3, -0.25) is 9.78 Å². The van der Waals surface area contributed by atoms with Crippen LogP contribution in [-0.2, 0) is 6.54 Å². The smallest absolute Gasteiger partial charge is 0.258 e. The lowest BCUT2D eigenvalue weighted by Crippen LogP contribution is -2.31. The fourth-order valence-electron chi connectivity index (χ4n) is 3.38. The highest BCUT2D eigenvalue weighted by Gasteiger charge is 2.22. The molecular weight excluding hydrogens is 419 g/mol. The number of carbonyl (C=O) groups excluding carboxylic acids is 1. The fraction of sp³-hybridized carbons (Fsp3) is 0.0870. The molecule has 1 amide bonds. The molecule has 0 saturated heterocycles. The molecule has 4 rings (SSSR count). The van der Waals surface area contributed by atoms with Crippen molar-refractivity contribution in [2.45, 2.75) is 13.5 Å². The number of fused-ring (bicyclic) bond motifs is 1. The summed E-state index contributed by atoms with van der Waals surface area (Å²) in [5.74, 6) is -0.195. The first-order valence-electron chi connectivity index (χ1n) is 9.15. The number of aromatic nitrogens is 2. The number of anilines is 1. The van der Waals surface area contributed by atoms with Crippen LogP contribution in [0.5, 0.6) is 0 Å². The number of nitrogens with zero attached hydrogens (tertiary/aromatic N) is 3. The molecular formula is C23H16Cl2N4O. The monoisotopic (exact) mass is 434 g/mol. The minimum Gasteiger partial charge on any atom is -0.361 e. The van der Waals surface area contributed by atoms with E-state index in [0.717, 1.165) is 22.0 Å². The first-order valence-corrected chi connectivity index (χ1v) is 9.90. The maximum Gasteiger partial charge on any atom is 0.258 e. The Hall–Kier alpha value is -3.33. The molecule has 2 aromatic heterocycles. The van der Waals surface area contributed by atoms with E-state index in [2.05, 4.69) is 16.0 Å². The molecule has 2 heterocycles. The predicted molar refractivity (Wildman–Crippen MR) is 119 cm³/mol.